The van der Waals surface area contributed by atoms with Crippen molar-refractivity contribution >= 4 is 11.8 Å². The molecule has 1 heterocycles. The summed E-state index contributed by atoms with van der Waals surface area (Å²) in [7, 11) is 0. The second-order valence-corrected chi connectivity index (χ2v) is 5.50. The molecule has 0 spiro atoms. The molecule has 3 heteroatoms. The summed E-state index contributed by atoms with van der Waals surface area (Å²) in [5, 5.41) is 9.26. The van der Waals surface area contributed by atoms with Crippen LogP contribution in [0.3, 0.4) is 0 Å². The molecule has 1 fully saturated rings. The smallest absolute Gasteiger partial charge is 0.0589 e. The van der Waals surface area contributed by atoms with Crippen LogP contribution in [-0.4, -0.2) is 47.3 Å². The van der Waals surface area contributed by atoms with Crippen LogP contribution in [0, 0.1) is 5.92 Å². The summed E-state index contributed by atoms with van der Waals surface area (Å²) in [4.78, 5) is 2.46. The molecule has 2 atom stereocenters. The molecule has 0 aromatic heterocycles. The first kappa shape index (κ1) is 12.3. The topological polar surface area (TPSA) is 23.5 Å². The first-order chi connectivity index (χ1) is 6.79. The Labute approximate surface area is 92.1 Å². The quantitative estimate of drug-likeness (QED) is 0.687. The van der Waals surface area contributed by atoms with Gasteiger partial charge in [0.25, 0.3) is 0 Å². The van der Waals surface area contributed by atoms with E-state index in [1.54, 1.807) is 0 Å². The lowest BCUT2D eigenvalue weighted by atomic mass is 10.0. The summed E-state index contributed by atoms with van der Waals surface area (Å²) < 4.78 is 0. The van der Waals surface area contributed by atoms with Crippen molar-refractivity contribution in [2.75, 3.05) is 31.2 Å². The van der Waals surface area contributed by atoms with Crippen LogP contribution >= 0.6 is 11.8 Å². The van der Waals surface area contributed by atoms with Gasteiger partial charge in [0.15, 0.2) is 0 Å². The monoisotopic (exact) mass is 217 g/mol. The van der Waals surface area contributed by atoms with Gasteiger partial charge in [-0.2, -0.15) is 11.8 Å². The number of nitrogens with zero attached hydrogens (tertiary/aromatic N) is 1. The van der Waals surface area contributed by atoms with Gasteiger partial charge in [0.2, 0.25) is 0 Å². The highest BCUT2D eigenvalue weighted by atomic mass is 32.2. The molecule has 0 bridgehead atoms. The van der Waals surface area contributed by atoms with Gasteiger partial charge in [0.05, 0.1) is 6.61 Å². The fourth-order valence-electron chi connectivity index (χ4n) is 2.17. The van der Waals surface area contributed by atoms with Crippen molar-refractivity contribution in [3.8, 4) is 0 Å². The summed E-state index contributed by atoms with van der Waals surface area (Å²) >= 11 is 2.01. The molecule has 1 rings (SSSR count). The molecule has 84 valence electrons. The third kappa shape index (κ3) is 3.44. The van der Waals surface area contributed by atoms with E-state index in [1.165, 1.54) is 37.4 Å². The standard InChI is InChI=1S/C11H23NOS/c1-3-14-8-4-6-12-7-5-10(2)11(12)9-13/h10-11,13H,3-9H2,1-2H3. The highest BCUT2D eigenvalue weighted by Gasteiger charge is 2.29. The van der Waals surface area contributed by atoms with Gasteiger partial charge in [0, 0.05) is 6.04 Å². The Balaban J connectivity index is 2.17. The lowest BCUT2D eigenvalue weighted by molar-refractivity contribution is 0.140. The van der Waals surface area contributed by atoms with Crippen molar-refractivity contribution in [2.45, 2.75) is 32.7 Å². The van der Waals surface area contributed by atoms with Crippen LogP contribution in [-0.2, 0) is 0 Å². The maximum absolute atomic E-state index is 9.26. The molecule has 2 unspecified atom stereocenters. The van der Waals surface area contributed by atoms with Crippen molar-refractivity contribution < 1.29 is 5.11 Å². The third-order valence-electron chi connectivity index (χ3n) is 3.12. The molecule has 0 aliphatic carbocycles. The molecule has 0 aromatic rings. The van der Waals surface area contributed by atoms with Crippen molar-refractivity contribution in [1.29, 1.82) is 0 Å². The molecule has 1 saturated heterocycles. The van der Waals surface area contributed by atoms with Crippen molar-refractivity contribution in [2.24, 2.45) is 5.92 Å². The van der Waals surface area contributed by atoms with E-state index in [0.29, 0.717) is 18.6 Å². The second-order valence-electron chi connectivity index (χ2n) is 4.10. The molecule has 2 nitrogen and oxygen atoms in total. The molecule has 0 radical (unpaired) electrons. The van der Waals surface area contributed by atoms with E-state index in [9.17, 15) is 5.11 Å². The molecule has 14 heavy (non-hydrogen) atoms. The second kappa shape index (κ2) is 6.70. The van der Waals surface area contributed by atoms with Crippen LogP contribution in [0.2, 0.25) is 0 Å². The van der Waals surface area contributed by atoms with E-state index >= 15 is 0 Å². The Morgan fingerprint density at radius 1 is 1.50 bits per heavy atom. The van der Waals surface area contributed by atoms with Gasteiger partial charge in [-0.3, -0.25) is 4.90 Å². The molecule has 0 saturated carbocycles. The highest BCUT2D eigenvalue weighted by Crippen LogP contribution is 2.23. The normalized spacial score (nSPS) is 28.5. The van der Waals surface area contributed by atoms with Gasteiger partial charge in [-0.25, -0.2) is 0 Å². The zero-order chi connectivity index (χ0) is 10.4. The molecule has 0 aromatic carbocycles. The summed E-state index contributed by atoms with van der Waals surface area (Å²) in [6.45, 7) is 7.15. The Morgan fingerprint density at radius 2 is 2.29 bits per heavy atom. The number of aliphatic hydroxyl groups is 1. The molecule has 1 aliphatic rings. The fraction of sp³-hybridized carbons (Fsp3) is 1.00. The van der Waals surface area contributed by atoms with Gasteiger partial charge in [-0.05, 0) is 43.4 Å². The maximum Gasteiger partial charge on any atom is 0.0589 e. The minimum absolute atomic E-state index is 0.335. The van der Waals surface area contributed by atoms with E-state index in [4.69, 9.17) is 0 Å². The van der Waals surface area contributed by atoms with E-state index in [1.807, 2.05) is 11.8 Å². The average Bonchev–Trinajstić information content (AvgIpc) is 2.54. The van der Waals surface area contributed by atoms with Crippen LogP contribution in [0.25, 0.3) is 0 Å². The zero-order valence-electron chi connectivity index (χ0n) is 9.41. The molecule has 0 amide bonds. The van der Waals surface area contributed by atoms with Crippen LogP contribution in [0.1, 0.15) is 26.7 Å². The van der Waals surface area contributed by atoms with Gasteiger partial charge in [-0.15, -0.1) is 0 Å². The number of aliphatic hydroxyl groups excluding tert-OH is 1. The van der Waals surface area contributed by atoms with Gasteiger partial charge < -0.3 is 5.11 Å². The van der Waals surface area contributed by atoms with E-state index in [0.717, 1.165) is 0 Å². The van der Waals surface area contributed by atoms with Crippen molar-refractivity contribution in [3.63, 3.8) is 0 Å². The average molecular weight is 217 g/mol. The third-order valence-corrected chi connectivity index (χ3v) is 4.11. The van der Waals surface area contributed by atoms with Gasteiger partial charge in [0.1, 0.15) is 0 Å². The molecular weight excluding hydrogens is 194 g/mol. The Hall–Kier alpha value is 0.270. The number of thioether (sulfide) groups is 1. The number of hydrogen-bond acceptors (Lipinski definition) is 3. The van der Waals surface area contributed by atoms with Crippen molar-refractivity contribution in [3.05, 3.63) is 0 Å². The van der Waals surface area contributed by atoms with Crippen LogP contribution in [0.15, 0.2) is 0 Å². The van der Waals surface area contributed by atoms with E-state index < -0.39 is 0 Å². The Morgan fingerprint density at radius 3 is 2.93 bits per heavy atom. The highest BCUT2D eigenvalue weighted by molar-refractivity contribution is 7.99. The van der Waals surface area contributed by atoms with E-state index in [2.05, 4.69) is 18.7 Å². The summed E-state index contributed by atoms with van der Waals surface area (Å²) in [5.41, 5.74) is 0. The lowest BCUT2D eigenvalue weighted by Gasteiger charge is -2.24. The zero-order valence-corrected chi connectivity index (χ0v) is 10.2. The first-order valence-corrected chi connectivity index (χ1v) is 6.87. The van der Waals surface area contributed by atoms with Crippen LogP contribution in [0.4, 0.5) is 0 Å². The van der Waals surface area contributed by atoms with Crippen molar-refractivity contribution in [1.82, 2.24) is 4.90 Å². The molecule has 1 aliphatic heterocycles. The summed E-state index contributed by atoms with van der Waals surface area (Å²) in [5.74, 6) is 3.16. The minimum Gasteiger partial charge on any atom is -0.395 e. The van der Waals surface area contributed by atoms with Gasteiger partial charge >= 0.3 is 0 Å². The summed E-state index contributed by atoms with van der Waals surface area (Å²) in [6.07, 6.45) is 2.52. The first-order valence-electron chi connectivity index (χ1n) is 5.72. The predicted octanol–water partition coefficient (Wildman–Crippen LogP) is 1.83. The molecule has 1 N–H and O–H groups in total. The fourth-order valence-corrected chi connectivity index (χ4v) is 2.80. The SMILES string of the molecule is CCSCCCN1CCC(C)C1CO. The van der Waals surface area contributed by atoms with Gasteiger partial charge in [-0.1, -0.05) is 13.8 Å². The number of hydrogen-bond donors (Lipinski definition) is 1. The largest absolute Gasteiger partial charge is 0.395 e. The Kier molecular flexibility index (Phi) is 5.90. The van der Waals surface area contributed by atoms with E-state index in [-0.39, 0.29) is 0 Å². The number of likely N-dealkylation sites (tertiary alicyclic amines) is 1. The van der Waals surface area contributed by atoms with Crippen LogP contribution in [0.5, 0.6) is 0 Å². The lowest BCUT2D eigenvalue weighted by Crippen LogP contribution is -2.36. The maximum atomic E-state index is 9.26. The number of rotatable bonds is 6. The minimum atomic E-state index is 0.335. The Bertz CT molecular complexity index is 154. The summed E-state index contributed by atoms with van der Waals surface area (Å²) in [6, 6.07) is 0.432. The predicted molar refractivity (Wildman–Crippen MR) is 63.8 cm³/mol. The van der Waals surface area contributed by atoms with Crippen LogP contribution < -0.4 is 0 Å². The molecular formula is C11H23NOS.